The van der Waals surface area contributed by atoms with Crippen LogP contribution < -0.4 is 10.6 Å². The van der Waals surface area contributed by atoms with Crippen LogP contribution in [0.4, 0.5) is 27.6 Å². The molecule has 0 aromatic heterocycles. The summed E-state index contributed by atoms with van der Waals surface area (Å²) in [4.78, 5) is 11.7. The first kappa shape index (κ1) is 17.5. The molecule has 9 heteroatoms. The maximum Gasteiger partial charge on any atom is 0.405 e. The highest BCUT2D eigenvalue weighted by molar-refractivity contribution is 7.99. The molecule has 0 saturated carbocycles. The van der Waals surface area contributed by atoms with E-state index in [-0.39, 0.29) is 22.3 Å². The van der Waals surface area contributed by atoms with E-state index in [0.29, 0.717) is 0 Å². The molecular formula is C12H13F5N2OS. The number of benzene rings is 1. The van der Waals surface area contributed by atoms with Crippen molar-refractivity contribution >= 4 is 23.4 Å². The maximum absolute atomic E-state index is 12.4. The van der Waals surface area contributed by atoms with E-state index in [4.69, 9.17) is 0 Å². The summed E-state index contributed by atoms with van der Waals surface area (Å²) in [6.07, 6.45) is -4.50. The van der Waals surface area contributed by atoms with Crippen LogP contribution in [0.5, 0.6) is 0 Å². The van der Waals surface area contributed by atoms with E-state index in [2.05, 4.69) is 5.32 Å². The fourth-order valence-electron chi connectivity index (χ4n) is 1.42. The van der Waals surface area contributed by atoms with Crippen molar-refractivity contribution in [3.05, 3.63) is 24.3 Å². The molecule has 2 N–H and O–H groups in total. The minimum Gasteiger partial charge on any atom is -0.373 e. The number of alkyl halides is 5. The van der Waals surface area contributed by atoms with Gasteiger partial charge < -0.3 is 10.6 Å². The molecule has 0 saturated heterocycles. The Hall–Kier alpha value is -1.51. The first-order chi connectivity index (χ1) is 9.69. The normalized spacial score (nSPS) is 13.1. The van der Waals surface area contributed by atoms with E-state index in [1.165, 1.54) is 19.1 Å². The zero-order valence-electron chi connectivity index (χ0n) is 10.9. The van der Waals surface area contributed by atoms with Crippen LogP contribution in [0.1, 0.15) is 6.92 Å². The number of halogens is 5. The van der Waals surface area contributed by atoms with Gasteiger partial charge in [-0.25, -0.2) is 0 Å². The number of anilines is 1. The molecule has 0 radical (unpaired) electrons. The second-order valence-electron chi connectivity index (χ2n) is 4.07. The molecule has 0 aliphatic carbocycles. The van der Waals surface area contributed by atoms with Crippen molar-refractivity contribution in [1.82, 2.24) is 5.32 Å². The Balaban J connectivity index is 2.66. The largest absolute Gasteiger partial charge is 0.405 e. The molecule has 1 rings (SSSR count). The lowest BCUT2D eigenvalue weighted by molar-refractivity contribution is -0.138. The van der Waals surface area contributed by atoms with Crippen LogP contribution in [0.2, 0.25) is 0 Å². The lowest BCUT2D eigenvalue weighted by Gasteiger charge is -2.18. The van der Waals surface area contributed by atoms with Gasteiger partial charge in [0.05, 0.1) is 0 Å². The monoisotopic (exact) mass is 328 g/mol. The Bertz CT molecular complexity index is 481. The van der Waals surface area contributed by atoms with Gasteiger partial charge in [-0.05, 0) is 19.1 Å². The Morgan fingerprint density at radius 3 is 2.48 bits per heavy atom. The number of carbonyl (C=O) groups excluding carboxylic acids is 1. The number of nitrogens with one attached hydrogen (secondary N) is 2. The Kier molecular flexibility index (Phi) is 6.25. The average Bonchev–Trinajstić information content (AvgIpc) is 2.36. The van der Waals surface area contributed by atoms with Crippen molar-refractivity contribution in [2.24, 2.45) is 0 Å². The van der Waals surface area contributed by atoms with Gasteiger partial charge >= 0.3 is 6.18 Å². The molecule has 1 amide bonds. The fraction of sp³-hybridized carbons (Fsp3) is 0.417. The summed E-state index contributed by atoms with van der Waals surface area (Å²) in [5.74, 6) is -3.51. The number of hydrogen-bond acceptors (Lipinski definition) is 3. The Labute approximate surface area is 122 Å². The molecular weight excluding hydrogens is 315 g/mol. The second kappa shape index (κ2) is 7.48. The zero-order chi connectivity index (χ0) is 16.0. The third-order valence-corrected chi connectivity index (χ3v) is 3.12. The predicted octanol–water partition coefficient (Wildman–Crippen LogP) is 3.48. The average molecular weight is 328 g/mol. The van der Waals surface area contributed by atoms with Crippen LogP contribution in [0.25, 0.3) is 0 Å². The molecule has 1 aromatic rings. The number of thioether (sulfide) groups is 1. The first-order valence-corrected chi connectivity index (χ1v) is 6.72. The van der Waals surface area contributed by atoms with Crippen LogP contribution in [0.3, 0.4) is 0 Å². The van der Waals surface area contributed by atoms with E-state index >= 15 is 0 Å². The van der Waals surface area contributed by atoms with E-state index in [1.807, 2.05) is 0 Å². The molecule has 1 atom stereocenters. The van der Waals surface area contributed by atoms with Gasteiger partial charge in [-0.15, -0.1) is 0 Å². The summed E-state index contributed by atoms with van der Waals surface area (Å²) < 4.78 is 60.7. The van der Waals surface area contributed by atoms with Gasteiger partial charge in [-0.3, -0.25) is 4.79 Å². The number of amides is 1. The first-order valence-electron chi connectivity index (χ1n) is 5.84. The fourth-order valence-corrected chi connectivity index (χ4v) is 2.03. The molecule has 1 unspecified atom stereocenters. The SMILES string of the molecule is CC(Nc1ccccc1SC(F)F)C(=O)NCC(F)(F)F. The molecule has 0 aliphatic rings. The summed E-state index contributed by atoms with van der Waals surface area (Å²) in [5.41, 5.74) is 0.262. The smallest absolute Gasteiger partial charge is 0.373 e. The lowest BCUT2D eigenvalue weighted by atomic mass is 10.2. The van der Waals surface area contributed by atoms with Gasteiger partial charge in [-0.1, -0.05) is 23.9 Å². The van der Waals surface area contributed by atoms with Gasteiger partial charge in [0, 0.05) is 10.6 Å². The molecule has 0 heterocycles. The number of hydrogen-bond donors (Lipinski definition) is 2. The van der Waals surface area contributed by atoms with Crippen molar-refractivity contribution in [2.75, 3.05) is 11.9 Å². The van der Waals surface area contributed by atoms with Crippen molar-refractivity contribution in [2.45, 2.75) is 29.8 Å². The quantitative estimate of drug-likeness (QED) is 0.620. The standard InChI is InChI=1S/C12H13F5N2OS/c1-7(10(20)18-6-12(15,16)17)19-8-4-2-3-5-9(8)21-11(13)14/h2-5,7,11,19H,6H2,1H3,(H,18,20). The zero-order valence-corrected chi connectivity index (χ0v) is 11.7. The van der Waals surface area contributed by atoms with E-state index in [0.717, 1.165) is 0 Å². The summed E-state index contributed by atoms with van der Waals surface area (Å²) in [7, 11) is 0. The van der Waals surface area contributed by atoms with E-state index in [1.54, 1.807) is 17.4 Å². The minimum atomic E-state index is -4.50. The van der Waals surface area contributed by atoms with Crippen LogP contribution in [-0.2, 0) is 4.79 Å². The van der Waals surface area contributed by atoms with Crippen molar-refractivity contribution in [1.29, 1.82) is 0 Å². The molecule has 0 spiro atoms. The van der Waals surface area contributed by atoms with Crippen molar-refractivity contribution in [3.63, 3.8) is 0 Å². The highest BCUT2D eigenvalue weighted by atomic mass is 32.2. The van der Waals surface area contributed by atoms with Crippen LogP contribution in [0, 0.1) is 0 Å². The van der Waals surface area contributed by atoms with Gasteiger partial charge in [0.15, 0.2) is 0 Å². The van der Waals surface area contributed by atoms with Crippen molar-refractivity contribution in [3.8, 4) is 0 Å². The van der Waals surface area contributed by atoms with Crippen LogP contribution >= 0.6 is 11.8 Å². The van der Waals surface area contributed by atoms with Crippen molar-refractivity contribution < 1.29 is 26.7 Å². The summed E-state index contributed by atoms with van der Waals surface area (Å²) in [5, 5.41) is 4.34. The topological polar surface area (TPSA) is 41.1 Å². The van der Waals surface area contributed by atoms with Gasteiger partial charge in [0.2, 0.25) is 5.91 Å². The Morgan fingerprint density at radius 2 is 1.90 bits per heavy atom. The summed E-state index contributed by atoms with van der Waals surface area (Å²) in [6, 6.07) is 5.02. The maximum atomic E-state index is 12.4. The molecule has 0 aliphatic heterocycles. The lowest BCUT2D eigenvalue weighted by Crippen LogP contribution is -2.42. The summed E-state index contributed by atoms with van der Waals surface area (Å²) >= 11 is 0.289. The number of para-hydroxylation sites is 1. The molecule has 118 valence electrons. The minimum absolute atomic E-state index is 0.211. The second-order valence-corrected chi connectivity index (χ2v) is 5.11. The van der Waals surface area contributed by atoms with E-state index < -0.39 is 30.4 Å². The molecule has 0 fully saturated rings. The van der Waals surface area contributed by atoms with E-state index in [9.17, 15) is 26.7 Å². The molecule has 1 aromatic carbocycles. The number of carbonyl (C=O) groups is 1. The molecule has 21 heavy (non-hydrogen) atoms. The third kappa shape index (κ3) is 6.65. The third-order valence-electron chi connectivity index (χ3n) is 2.33. The Morgan fingerprint density at radius 1 is 1.29 bits per heavy atom. The van der Waals surface area contributed by atoms with Gasteiger partial charge in [0.1, 0.15) is 12.6 Å². The highest BCUT2D eigenvalue weighted by Gasteiger charge is 2.28. The van der Waals surface area contributed by atoms with Crippen LogP contribution in [-0.4, -0.2) is 30.4 Å². The predicted molar refractivity (Wildman–Crippen MR) is 70.5 cm³/mol. The van der Waals surface area contributed by atoms with Gasteiger partial charge in [-0.2, -0.15) is 22.0 Å². The summed E-state index contributed by atoms with van der Waals surface area (Å²) in [6.45, 7) is -0.0964. The molecule has 3 nitrogen and oxygen atoms in total. The molecule has 0 bridgehead atoms. The highest BCUT2D eigenvalue weighted by Crippen LogP contribution is 2.31. The number of rotatable bonds is 6. The van der Waals surface area contributed by atoms with Crippen LogP contribution in [0.15, 0.2) is 29.2 Å². The van der Waals surface area contributed by atoms with Gasteiger partial charge in [0.25, 0.3) is 5.76 Å².